The fraction of sp³-hybridized carbons (Fsp3) is 0.154. The lowest BCUT2D eigenvalue weighted by atomic mass is 10.1. The summed E-state index contributed by atoms with van der Waals surface area (Å²) in [5.74, 6) is -0.898. The number of nitrogens with zero attached hydrogens (tertiary/aromatic N) is 1. The molecule has 0 unspecified atom stereocenters. The predicted octanol–water partition coefficient (Wildman–Crippen LogP) is 3.38. The van der Waals surface area contributed by atoms with Gasteiger partial charge in [0.1, 0.15) is 5.75 Å². The Hall–Kier alpha value is -4.46. The fourth-order valence-electron chi connectivity index (χ4n) is 3.84. The molecule has 1 aliphatic heterocycles. The van der Waals surface area contributed by atoms with E-state index in [2.05, 4.69) is 10.6 Å². The van der Waals surface area contributed by atoms with Gasteiger partial charge in [-0.15, -0.1) is 0 Å². The lowest BCUT2D eigenvalue weighted by molar-refractivity contribution is -0.114. The minimum absolute atomic E-state index is 0.0371. The van der Waals surface area contributed by atoms with E-state index < -0.39 is 0 Å². The van der Waals surface area contributed by atoms with Crippen molar-refractivity contribution in [2.45, 2.75) is 20.0 Å². The van der Waals surface area contributed by atoms with Gasteiger partial charge in [0.2, 0.25) is 5.91 Å². The van der Waals surface area contributed by atoms with Crippen molar-refractivity contribution >= 4 is 29.3 Å². The molecule has 1 heterocycles. The average molecular weight is 457 g/mol. The number of imide groups is 1. The second-order valence-electron chi connectivity index (χ2n) is 7.84. The first-order valence-corrected chi connectivity index (χ1v) is 10.6. The zero-order valence-corrected chi connectivity index (χ0v) is 18.8. The Bertz CT molecular complexity index is 1270. The van der Waals surface area contributed by atoms with Crippen molar-refractivity contribution in [1.82, 2.24) is 10.2 Å². The lowest BCUT2D eigenvalue weighted by Gasteiger charge is -2.16. The summed E-state index contributed by atoms with van der Waals surface area (Å²) in [5.41, 5.74) is 3.10. The maximum absolute atomic E-state index is 12.9. The quantitative estimate of drug-likeness (QED) is 0.530. The van der Waals surface area contributed by atoms with Crippen LogP contribution in [0.3, 0.4) is 0 Å². The largest absolute Gasteiger partial charge is 0.496 e. The number of benzene rings is 3. The monoisotopic (exact) mass is 457 g/mol. The first-order chi connectivity index (χ1) is 16.4. The van der Waals surface area contributed by atoms with E-state index in [0.717, 1.165) is 5.56 Å². The van der Waals surface area contributed by atoms with Crippen LogP contribution in [0.5, 0.6) is 5.75 Å². The predicted molar refractivity (Wildman–Crippen MR) is 126 cm³/mol. The number of nitrogens with one attached hydrogen (secondary N) is 2. The minimum Gasteiger partial charge on any atom is -0.496 e. The molecule has 172 valence electrons. The van der Waals surface area contributed by atoms with E-state index in [1.165, 1.54) is 18.9 Å². The molecule has 0 atom stereocenters. The average Bonchev–Trinajstić information content (AvgIpc) is 3.07. The maximum atomic E-state index is 12.9. The Morgan fingerprint density at radius 1 is 0.882 bits per heavy atom. The molecule has 4 rings (SSSR count). The Balaban J connectivity index is 1.49. The molecular formula is C26H23N3O5. The standard InChI is InChI=1S/C26H23N3O5/c1-16(30)28-19-7-5-6-17(12-19)14-27-24(31)22-13-18(10-11-23(22)34-2)15-29-25(32)20-8-3-4-9-21(20)26(29)33/h3-13H,14-15H2,1-2H3,(H,27,31)(H,28,30). The molecule has 0 aromatic heterocycles. The molecule has 4 amide bonds. The number of ether oxygens (including phenoxy) is 1. The van der Waals surface area contributed by atoms with Gasteiger partial charge < -0.3 is 15.4 Å². The highest BCUT2D eigenvalue weighted by Crippen LogP contribution is 2.26. The Labute approximate surface area is 196 Å². The molecule has 0 saturated carbocycles. The van der Waals surface area contributed by atoms with E-state index in [4.69, 9.17) is 4.74 Å². The Morgan fingerprint density at radius 2 is 1.59 bits per heavy atom. The molecule has 0 fully saturated rings. The van der Waals surface area contributed by atoms with Crippen LogP contribution >= 0.6 is 0 Å². The minimum atomic E-state index is -0.369. The van der Waals surface area contributed by atoms with Crippen molar-refractivity contribution < 1.29 is 23.9 Å². The molecule has 8 heteroatoms. The van der Waals surface area contributed by atoms with Crippen LogP contribution in [-0.4, -0.2) is 35.6 Å². The number of hydrogen-bond donors (Lipinski definition) is 2. The molecule has 8 nitrogen and oxygen atoms in total. The van der Waals surface area contributed by atoms with Gasteiger partial charge in [-0.25, -0.2) is 0 Å². The molecule has 1 aliphatic rings. The molecule has 0 spiro atoms. The van der Waals surface area contributed by atoms with Crippen LogP contribution in [0, 0.1) is 0 Å². The molecule has 0 bridgehead atoms. The van der Waals surface area contributed by atoms with Crippen LogP contribution in [0.25, 0.3) is 0 Å². The summed E-state index contributed by atoms with van der Waals surface area (Å²) in [4.78, 5) is 50.7. The summed E-state index contributed by atoms with van der Waals surface area (Å²) in [7, 11) is 1.47. The smallest absolute Gasteiger partial charge is 0.261 e. The van der Waals surface area contributed by atoms with Crippen molar-refractivity contribution in [3.8, 4) is 5.75 Å². The summed E-state index contributed by atoms with van der Waals surface area (Å²) in [6.45, 7) is 1.70. The normalized spacial score (nSPS) is 12.4. The number of methoxy groups -OCH3 is 1. The van der Waals surface area contributed by atoms with Gasteiger partial charge in [-0.1, -0.05) is 30.3 Å². The number of anilines is 1. The summed E-state index contributed by atoms with van der Waals surface area (Å²) in [6.07, 6.45) is 0. The van der Waals surface area contributed by atoms with Gasteiger partial charge >= 0.3 is 0 Å². The van der Waals surface area contributed by atoms with Gasteiger partial charge in [0, 0.05) is 19.2 Å². The van der Waals surface area contributed by atoms with Gasteiger partial charge in [-0.2, -0.15) is 0 Å². The molecule has 3 aromatic carbocycles. The summed E-state index contributed by atoms with van der Waals surface area (Å²) < 4.78 is 5.34. The SMILES string of the molecule is COc1ccc(CN2C(=O)c3ccccc3C2=O)cc1C(=O)NCc1cccc(NC(C)=O)c1. The first kappa shape index (κ1) is 22.7. The molecule has 34 heavy (non-hydrogen) atoms. The number of carbonyl (C=O) groups is 4. The fourth-order valence-corrected chi connectivity index (χ4v) is 3.84. The van der Waals surface area contributed by atoms with Crippen molar-refractivity contribution in [2.24, 2.45) is 0 Å². The molecule has 2 N–H and O–H groups in total. The Morgan fingerprint density at radius 3 is 2.24 bits per heavy atom. The molecule has 0 aliphatic carbocycles. The highest BCUT2D eigenvalue weighted by molar-refractivity contribution is 6.21. The molecular weight excluding hydrogens is 434 g/mol. The summed E-state index contributed by atoms with van der Waals surface area (Å²) in [5, 5.41) is 5.55. The van der Waals surface area contributed by atoms with E-state index in [-0.39, 0.29) is 42.3 Å². The number of amides is 4. The molecule has 0 saturated heterocycles. The highest BCUT2D eigenvalue weighted by Gasteiger charge is 2.35. The Kier molecular flexibility index (Phi) is 6.40. The third-order valence-corrected chi connectivity index (χ3v) is 5.43. The topological polar surface area (TPSA) is 105 Å². The van der Waals surface area contributed by atoms with E-state index in [0.29, 0.717) is 28.1 Å². The number of rotatable bonds is 7. The molecule has 3 aromatic rings. The second kappa shape index (κ2) is 9.58. The van der Waals surface area contributed by atoms with Crippen molar-refractivity contribution in [1.29, 1.82) is 0 Å². The zero-order chi connectivity index (χ0) is 24.2. The molecule has 0 radical (unpaired) electrons. The number of fused-ring (bicyclic) bond motifs is 1. The van der Waals surface area contributed by atoms with Crippen LogP contribution in [0.4, 0.5) is 5.69 Å². The van der Waals surface area contributed by atoms with Gasteiger partial charge in [0.05, 0.1) is 30.3 Å². The number of carbonyl (C=O) groups excluding carboxylic acids is 4. The maximum Gasteiger partial charge on any atom is 0.261 e. The van der Waals surface area contributed by atoms with Crippen molar-refractivity contribution in [3.05, 3.63) is 94.5 Å². The van der Waals surface area contributed by atoms with Gasteiger partial charge in [0.15, 0.2) is 0 Å². The number of hydrogen-bond acceptors (Lipinski definition) is 5. The van der Waals surface area contributed by atoms with E-state index >= 15 is 0 Å². The third-order valence-electron chi connectivity index (χ3n) is 5.43. The van der Waals surface area contributed by atoms with Crippen LogP contribution in [0.1, 0.15) is 49.1 Å². The zero-order valence-electron chi connectivity index (χ0n) is 18.8. The van der Waals surface area contributed by atoms with E-state index in [9.17, 15) is 19.2 Å². The van der Waals surface area contributed by atoms with Crippen LogP contribution in [0.2, 0.25) is 0 Å². The van der Waals surface area contributed by atoms with Gasteiger partial charge in [0.25, 0.3) is 17.7 Å². The first-order valence-electron chi connectivity index (χ1n) is 10.6. The summed E-state index contributed by atoms with van der Waals surface area (Å²) >= 11 is 0. The summed E-state index contributed by atoms with van der Waals surface area (Å²) in [6, 6.07) is 18.8. The van der Waals surface area contributed by atoms with Crippen LogP contribution in [-0.2, 0) is 17.9 Å². The third kappa shape index (κ3) is 4.66. The van der Waals surface area contributed by atoms with Crippen molar-refractivity contribution in [3.63, 3.8) is 0 Å². The van der Waals surface area contributed by atoms with Gasteiger partial charge in [-0.05, 0) is 47.5 Å². The highest BCUT2D eigenvalue weighted by atomic mass is 16.5. The lowest BCUT2D eigenvalue weighted by Crippen LogP contribution is -2.29. The van der Waals surface area contributed by atoms with E-state index in [1.807, 2.05) is 6.07 Å². The van der Waals surface area contributed by atoms with Gasteiger partial charge in [-0.3, -0.25) is 24.1 Å². The van der Waals surface area contributed by atoms with Crippen molar-refractivity contribution in [2.75, 3.05) is 12.4 Å². The van der Waals surface area contributed by atoms with Crippen LogP contribution in [0.15, 0.2) is 66.7 Å². The van der Waals surface area contributed by atoms with Crippen LogP contribution < -0.4 is 15.4 Å². The second-order valence-corrected chi connectivity index (χ2v) is 7.84. The van der Waals surface area contributed by atoms with E-state index in [1.54, 1.807) is 60.7 Å².